The van der Waals surface area contributed by atoms with E-state index in [1.807, 2.05) is 57.2 Å². The number of hydrogen-bond donors (Lipinski definition) is 1. The molecule has 0 fully saturated rings. The van der Waals surface area contributed by atoms with Gasteiger partial charge in [0, 0.05) is 0 Å². The van der Waals surface area contributed by atoms with E-state index in [0.717, 1.165) is 33.9 Å². The molecule has 1 N–H and O–H groups in total. The molecule has 1 unspecified atom stereocenters. The van der Waals surface area contributed by atoms with E-state index in [2.05, 4.69) is 5.32 Å². The van der Waals surface area contributed by atoms with Crippen LogP contribution in [-0.2, 0) is 4.79 Å². The first-order chi connectivity index (χ1) is 12.0. The predicted octanol–water partition coefficient (Wildman–Crippen LogP) is 3.68. The minimum atomic E-state index is -0.109. The summed E-state index contributed by atoms with van der Waals surface area (Å²) < 4.78 is 16.4. The summed E-state index contributed by atoms with van der Waals surface area (Å²) in [6, 6.07) is 11.6. The number of benzene rings is 2. The molecule has 1 aliphatic rings. The zero-order chi connectivity index (χ0) is 17.8. The third-order valence-electron chi connectivity index (χ3n) is 4.20. The van der Waals surface area contributed by atoms with E-state index < -0.39 is 0 Å². The summed E-state index contributed by atoms with van der Waals surface area (Å²) in [5, 5.41) is 2.98. The number of fused-ring (bicyclic) bond motifs is 1. The first-order valence-electron chi connectivity index (χ1n) is 8.42. The van der Waals surface area contributed by atoms with Crippen molar-refractivity contribution in [3.05, 3.63) is 53.1 Å². The van der Waals surface area contributed by atoms with Gasteiger partial charge in [-0.25, -0.2) is 0 Å². The van der Waals surface area contributed by atoms with Crippen LogP contribution >= 0.6 is 0 Å². The molecule has 0 saturated heterocycles. The lowest BCUT2D eigenvalue weighted by Gasteiger charge is -2.15. The smallest absolute Gasteiger partial charge is 0.231 e. The Morgan fingerprint density at radius 2 is 1.96 bits per heavy atom. The minimum Gasteiger partial charge on any atom is -0.493 e. The van der Waals surface area contributed by atoms with Crippen molar-refractivity contribution < 1.29 is 19.0 Å². The average Bonchev–Trinajstić information content (AvgIpc) is 3.05. The molecule has 3 rings (SSSR count). The van der Waals surface area contributed by atoms with E-state index in [1.165, 1.54) is 0 Å². The summed E-state index contributed by atoms with van der Waals surface area (Å²) in [5.41, 5.74) is 3.19. The number of nitrogens with one attached hydrogen (secondary N) is 1. The Morgan fingerprint density at radius 1 is 1.16 bits per heavy atom. The van der Waals surface area contributed by atoms with Gasteiger partial charge in [0.15, 0.2) is 11.5 Å². The Bertz CT molecular complexity index is 772. The van der Waals surface area contributed by atoms with E-state index in [1.54, 1.807) is 0 Å². The van der Waals surface area contributed by atoms with Gasteiger partial charge in [-0.15, -0.1) is 0 Å². The van der Waals surface area contributed by atoms with Crippen molar-refractivity contribution in [2.45, 2.75) is 33.2 Å². The molecule has 1 atom stereocenters. The molecule has 0 bridgehead atoms. The van der Waals surface area contributed by atoms with Crippen molar-refractivity contribution in [2.24, 2.45) is 0 Å². The molecular formula is C20H23NO4. The molecule has 0 saturated carbocycles. The van der Waals surface area contributed by atoms with E-state index in [4.69, 9.17) is 14.2 Å². The lowest BCUT2D eigenvalue weighted by molar-refractivity contribution is -0.122. The number of aryl methyl sites for hydroxylation is 2. The fourth-order valence-corrected chi connectivity index (χ4v) is 2.70. The van der Waals surface area contributed by atoms with Crippen LogP contribution in [0.3, 0.4) is 0 Å². The maximum Gasteiger partial charge on any atom is 0.231 e. The van der Waals surface area contributed by atoms with Gasteiger partial charge in [0.2, 0.25) is 12.7 Å². The number of ether oxygens (including phenoxy) is 3. The van der Waals surface area contributed by atoms with Crippen LogP contribution in [-0.4, -0.2) is 19.3 Å². The van der Waals surface area contributed by atoms with E-state index in [9.17, 15) is 4.79 Å². The molecule has 2 aromatic rings. The SMILES string of the molecule is Cc1ccc(C)c(OCCC(=O)NC(C)c2ccc3c(c2)OCO3)c1. The highest BCUT2D eigenvalue weighted by atomic mass is 16.7. The van der Waals surface area contributed by atoms with E-state index in [-0.39, 0.29) is 18.7 Å². The maximum atomic E-state index is 12.2. The van der Waals surface area contributed by atoms with Crippen LogP contribution in [0, 0.1) is 13.8 Å². The molecule has 5 nitrogen and oxygen atoms in total. The zero-order valence-corrected chi connectivity index (χ0v) is 14.8. The van der Waals surface area contributed by atoms with Gasteiger partial charge in [-0.2, -0.15) is 0 Å². The fourth-order valence-electron chi connectivity index (χ4n) is 2.70. The van der Waals surface area contributed by atoms with Crippen molar-refractivity contribution in [3.63, 3.8) is 0 Å². The summed E-state index contributed by atoms with van der Waals surface area (Å²) in [4.78, 5) is 12.2. The molecular weight excluding hydrogens is 318 g/mol. The molecule has 5 heteroatoms. The Labute approximate surface area is 147 Å². The van der Waals surface area contributed by atoms with Crippen molar-refractivity contribution >= 4 is 5.91 Å². The number of hydrogen-bond acceptors (Lipinski definition) is 4. The first kappa shape index (κ1) is 17.1. The Morgan fingerprint density at radius 3 is 2.80 bits per heavy atom. The molecule has 1 amide bonds. The van der Waals surface area contributed by atoms with Gasteiger partial charge in [0.25, 0.3) is 0 Å². The molecule has 0 aliphatic carbocycles. The van der Waals surface area contributed by atoms with Crippen LogP contribution < -0.4 is 19.5 Å². The van der Waals surface area contributed by atoms with Gasteiger partial charge in [-0.05, 0) is 55.7 Å². The van der Waals surface area contributed by atoms with Crippen LogP contribution in [0.1, 0.15) is 36.1 Å². The molecule has 132 valence electrons. The average molecular weight is 341 g/mol. The third kappa shape index (κ3) is 4.24. The van der Waals surface area contributed by atoms with Gasteiger partial charge in [0.1, 0.15) is 5.75 Å². The predicted molar refractivity (Wildman–Crippen MR) is 95.2 cm³/mol. The molecule has 0 spiro atoms. The number of carbonyl (C=O) groups excluding carboxylic acids is 1. The second-order valence-electron chi connectivity index (χ2n) is 6.27. The highest BCUT2D eigenvalue weighted by molar-refractivity contribution is 5.76. The topological polar surface area (TPSA) is 56.8 Å². The lowest BCUT2D eigenvalue weighted by atomic mass is 10.1. The number of amides is 1. The zero-order valence-electron chi connectivity index (χ0n) is 14.8. The normalized spacial score (nSPS) is 13.4. The largest absolute Gasteiger partial charge is 0.493 e. The van der Waals surface area contributed by atoms with Gasteiger partial charge in [0.05, 0.1) is 19.1 Å². The first-order valence-corrected chi connectivity index (χ1v) is 8.42. The van der Waals surface area contributed by atoms with Crippen LogP contribution in [0.2, 0.25) is 0 Å². The summed E-state index contributed by atoms with van der Waals surface area (Å²) in [6.45, 7) is 6.56. The highest BCUT2D eigenvalue weighted by Gasteiger charge is 2.16. The van der Waals surface area contributed by atoms with E-state index in [0.29, 0.717) is 13.0 Å². The fraction of sp³-hybridized carbons (Fsp3) is 0.350. The Balaban J connectivity index is 1.49. The van der Waals surface area contributed by atoms with Crippen molar-refractivity contribution in [1.29, 1.82) is 0 Å². The Hall–Kier alpha value is -2.69. The summed E-state index contributed by atoms with van der Waals surface area (Å²) in [6.07, 6.45) is 0.308. The summed E-state index contributed by atoms with van der Waals surface area (Å²) in [7, 11) is 0. The van der Waals surface area contributed by atoms with Crippen LogP contribution in [0.5, 0.6) is 17.2 Å². The quantitative estimate of drug-likeness (QED) is 0.871. The summed E-state index contributed by atoms with van der Waals surface area (Å²) >= 11 is 0. The molecule has 2 aromatic carbocycles. The summed E-state index contributed by atoms with van der Waals surface area (Å²) in [5.74, 6) is 2.24. The van der Waals surface area contributed by atoms with Gasteiger partial charge in [-0.3, -0.25) is 4.79 Å². The van der Waals surface area contributed by atoms with Crippen molar-refractivity contribution in [3.8, 4) is 17.2 Å². The van der Waals surface area contributed by atoms with E-state index >= 15 is 0 Å². The van der Waals surface area contributed by atoms with Gasteiger partial charge >= 0.3 is 0 Å². The number of rotatable bonds is 6. The standard InChI is InChI=1S/C20H23NO4/c1-13-4-5-14(2)18(10-13)23-9-8-20(22)21-15(3)16-6-7-17-19(11-16)25-12-24-17/h4-7,10-11,15H,8-9,12H2,1-3H3,(H,21,22). The monoisotopic (exact) mass is 341 g/mol. The van der Waals surface area contributed by atoms with Gasteiger partial charge < -0.3 is 19.5 Å². The van der Waals surface area contributed by atoms with Crippen molar-refractivity contribution in [2.75, 3.05) is 13.4 Å². The van der Waals surface area contributed by atoms with Crippen molar-refractivity contribution in [1.82, 2.24) is 5.32 Å². The highest BCUT2D eigenvalue weighted by Crippen LogP contribution is 2.34. The third-order valence-corrected chi connectivity index (χ3v) is 4.20. The molecule has 1 heterocycles. The molecule has 0 aromatic heterocycles. The molecule has 1 aliphatic heterocycles. The van der Waals surface area contributed by atoms with Crippen LogP contribution in [0.15, 0.2) is 36.4 Å². The maximum absolute atomic E-state index is 12.2. The lowest BCUT2D eigenvalue weighted by Crippen LogP contribution is -2.27. The van der Waals surface area contributed by atoms with Crippen LogP contribution in [0.25, 0.3) is 0 Å². The second-order valence-corrected chi connectivity index (χ2v) is 6.27. The van der Waals surface area contributed by atoms with Gasteiger partial charge in [-0.1, -0.05) is 18.2 Å². The minimum absolute atomic E-state index is 0.0459. The molecule has 25 heavy (non-hydrogen) atoms. The molecule has 0 radical (unpaired) electrons. The Kier molecular flexibility index (Phi) is 5.12. The van der Waals surface area contributed by atoms with Crippen LogP contribution in [0.4, 0.5) is 0 Å². The number of carbonyl (C=O) groups is 1. The second kappa shape index (κ2) is 7.47.